The number of benzene rings is 3. The molecule has 1 N–H and O–H groups in total. The van der Waals surface area contributed by atoms with Crippen LogP contribution in [-0.2, 0) is 12.8 Å². The Morgan fingerprint density at radius 2 is 1.86 bits per heavy atom. The summed E-state index contributed by atoms with van der Waals surface area (Å²) in [5.41, 5.74) is 2.72. The number of methoxy groups -OCH3 is 1. The fourth-order valence-electron chi connectivity index (χ4n) is 4.90. The van der Waals surface area contributed by atoms with E-state index in [1.165, 1.54) is 12.1 Å². The first kappa shape index (κ1) is 24.1. The molecular weight excluding hydrogens is 543 g/mol. The van der Waals surface area contributed by atoms with Crippen molar-refractivity contribution in [3.8, 4) is 11.5 Å². The summed E-state index contributed by atoms with van der Waals surface area (Å²) >= 11 is 9.59. The molecule has 3 nitrogen and oxygen atoms in total. The van der Waals surface area contributed by atoms with Crippen molar-refractivity contribution in [2.24, 2.45) is 5.92 Å². The van der Waals surface area contributed by atoms with E-state index >= 15 is 0 Å². The quantitative estimate of drug-likeness (QED) is 0.315. The number of allylic oxidation sites excluding steroid dienone is 2. The number of ether oxygens (including phenoxy) is 2. The van der Waals surface area contributed by atoms with Gasteiger partial charge in [-0.25, -0.2) is 0 Å². The molecule has 5 rings (SSSR count). The van der Waals surface area contributed by atoms with Gasteiger partial charge in [0.25, 0.3) is 0 Å². The number of nitrogens with one attached hydrogen (secondary N) is 1. The highest BCUT2D eigenvalue weighted by Gasteiger charge is 2.40. The van der Waals surface area contributed by atoms with E-state index in [9.17, 15) is 13.2 Å². The summed E-state index contributed by atoms with van der Waals surface area (Å²) in [6, 6.07) is 15.2. The SMILES string of the molecule is COc1cc([C@@H]2Nc3ccc(C(F)(F)F)cc3[C@H]3C=CC[C@H]32)cc(Br)c1OCc1ccc(Cl)cc1. The van der Waals surface area contributed by atoms with Crippen LogP contribution in [-0.4, -0.2) is 7.11 Å². The maximum atomic E-state index is 13.3. The van der Waals surface area contributed by atoms with Crippen LogP contribution >= 0.6 is 27.5 Å². The number of halogens is 5. The molecule has 2 aliphatic rings. The molecule has 0 bridgehead atoms. The van der Waals surface area contributed by atoms with Gasteiger partial charge in [0, 0.05) is 16.6 Å². The van der Waals surface area contributed by atoms with Gasteiger partial charge in [0.05, 0.1) is 23.2 Å². The first-order valence-electron chi connectivity index (χ1n) is 11.1. The van der Waals surface area contributed by atoms with Gasteiger partial charge in [-0.1, -0.05) is 35.9 Å². The second-order valence-corrected chi connectivity index (χ2v) is 10.0. The van der Waals surface area contributed by atoms with Crippen LogP contribution in [0, 0.1) is 5.92 Å². The molecule has 1 aliphatic heterocycles. The Morgan fingerprint density at radius 1 is 1.09 bits per heavy atom. The average molecular weight is 565 g/mol. The molecule has 1 aliphatic carbocycles. The van der Waals surface area contributed by atoms with Gasteiger partial charge in [0.2, 0.25) is 0 Å². The monoisotopic (exact) mass is 563 g/mol. The molecule has 1 heterocycles. The normalized spacial score (nSPS) is 20.7. The van der Waals surface area contributed by atoms with Gasteiger partial charge in [0.1, 0.15) is 6.61 Å². The van der Waals surface area contributed by atoms with Gasteiger partial charge in [0.15, 0.2) is 11.5 Å². The number of alkyl halides is 3. The molecule has 0 saturated carbocycles. The van der Waals surface area contributed by atoms with Crippen LogP contribution in [0.2, 0.25) is 5.02 Å². The Balaban J connectivity index is 1.45. The Bertz CT molecular complexity index is 1280. The smallest absolute Gasteiger partial charge is 0.416 e. The molecule has 0 radical (unpaired) electrons. The van der Waals surface area contributed by atoms with E-state index in [1.54, 1.807) is 7.11 Å². The average Bonchev–Trinajstić information content (AvgIpc) is 3.33. The third-order valence-electron chi connectivity index (χ3n) is 6.60. The number of hydrogen-bond acceptors (Lipinski definition) is 3. The van der Waals surface area contributed by atoms with Crippen molar-refractivity contribution in [3.63, 3.8) is 0 Å². The first-order valence-corrected chi connectivity index (χ1v) is 12.3. The van der Waals surface area contributed by atoms with Crippen molar-refractivity contribution in [1.29, 1.82) is 0 Å². The van der Waals surface area contributed by atoms with Crippen LogP contribution < -0.4 is 14.8 Å². The van der Waals surface area contributed by atoms with E-state index in [2.05, 4.69) is 27.3 Å². The van der Waals surface area contributed by atoms with Gasteiger partial charge in [-0.05, 0) is 87.4 Å². The third kappa shape index (κ3) is 4.76. The van der Waals surface area contributed by atoms with Crippen LogP contribution in [0.4, 0.5) is 18.9 Å². The summed E-state index contributed by atoms with van der Waals surface area (Å²) in [4.78, 5) is 0. The zero-order valence-electron chi connectivity index (χ0n) is 18.7. The minimum absolute atomic E-state index is 0.0865. The molecule has 3 atom stereocenters. The second kappa shape index (κ2) is 9.43. The van der Waals surface area contributed by atoms with E-state index in [0.717, 1.165) is 28.1 Å². The maximum Gasteiger partial charge on any atom is 0.416 e. The zero-order chi connectivity index (χ0) is 24.7. The minimum Gasteiger partial charge on any atom is -0.493 e. The maximum absolute atomic E-state index is 13.3. The first-order chi connectivity index (χ1) is 16.7. The van der Waals surface area contributed by atoms with Crippen molar-refractivity contribution in [2.75, 3.05) is 12.4 Å². The fraction of sp³-hybridized carbons (Fsp3) is 0.259. The Kier molecular flexibility index (Phi) is 6.49. The molecule has 0 spiro atoms. The summed E-state index contributed by atoms with van der Waals surface area (Å²) in [6.45, 7) is 0.344. The topological polar surface area (TPSA) is 30.5 Å². The molecule has 0 amide bonds. The van der Waals surface area contributed by atoms with Crippen LogP contribution in [0.5, 0.6) is 11.5 Å². The van der Waals surface area contributed by atoms with Crippen LogP contribution in [0.3, 0.4) is 0 Å². The Hall–Kier alpha value is -2.64. The van der Waals surface area contributed by atoms with Gasteiger partial charge in [-0.3, -0.25) is 0 Å². The lowest BCUT2D eigenvalue weighted by atomic mass is 9.76. The molecule has 35 heavy (non-hydrogen) atoms. The lowest BCUT2D eigenvalue weighted by Crippen LogP contribution is -2.29. The number of rotatable bonds is 5. The van der Waals surface area contributed by atoms with E-state index in [4.69, 9.17) is 21.1 Å². The van der Waals surface area contributed by atoms with Crippen molar-refractivity contribution < 1.29 is 22.6 Å². The van der Waals surface area contributed by atoms with Crippen molar-refractivity contribution >= 4 is 33.2 Å². The van der Waals surface area contributed by atoms with Crippen LogP contribution in [0.1, 0.15) is 40.6 Å². The molecule has 0 fully saturated rings. The molecule has 0 unspecified atom stereocenters. The van der Waals surface area contributed by atoms with Crippen LogP contribution in [0.15, 0.2) is 71.2 Å². The molecule has 182 valence electrons. The van der Waals surface area contributed by atoms with Gasteiger partial charge < -0.3 is 14.8 Å². The van der Waals surface area contributed by atoms with Gasteiger partial charge in [-0.15, -0.1) is 0 Å². The van der Waals surface area contributed by atoms with Crippen LogP contribution in [0.25, 0.3) is 0 Å². The lowest BCUT2D eigenvalue weighted by molar-refractivity contribution is -0.137. The number of anilines is 1. The molecule has 8 heteroatoms. The predicted octanol–water partition coefficient (Wildman–Crippen LogP) is 8.54. The molecule has 3 aromatic carbocycles. The largest absolute Gasteiger partial charge is 0.493 e. The van der Waals surface area contributed by atoms with E-state index in [-0.39, 0.29) is 17.9 Å². The third-order valence-corrected chi connectivity index (χ3v) is 7.44. The summed E-state index contributed by atoms with van der Waals surface area (Å²) in [5.74, 6) is 1.15. The van der Waals surface area contributed by atoms with Gasteiger partial charge in [-0.2, -0.15) is 13.2 Å². The lowest BCUT2D eigenvalue weighted by Gasteiger charge is -2.38. The Morgan fingerprint density at radius 3 is 2.57 bits per heavy atom. The van der Waals surface area contributed by atoms with Gasteiger partial charge >= 0.3 is 6.18 Å². The van der Waals surface area contributed by atoms with E-state index < -0.39 is 11.7 Å². The Labute approximate surface area is 215 Å². The minimum atomic E-state index is -4.37. The van der Waals surface area contributed by atoms with Crippen molar-refractivity contribution in [1.82, 2.24) is 0 Å². The summed E-state index contributed by atoms with van der Waals surface area (Å²) in [5, 5.41) is 4.15. The summed E-state index contributed by atoms with van der Waals surface area (Å²) in [6.07, 6.45) is 0.471. The highest BCUT2D eigenvalue weighted by molar-refractivity contribution is 9.10. The second-order valence-electron chi connectivity index (χ2n) is 8.72. The zero-order valence-corrected chi connectivity index (χ0v) is 21.0. The molecule has 3 aromatic rings. The molecule has 0 saturated heterocycles. The summed E-state index contributed by atoms with van der Waals surface area (Å²) in [7, 11) is 1.59. The molecule has 0 aromatic heterocycles. The highest BCUT2D eigenvalue weighted by Crippen LogP contribution is 2.52. The highest BCUT2D eigenvalue weighted by atomic mass is 79.9. The fourth-order valence-corrected chi connectivity index (χ4v) is 5.60. The predicted molar refractivity (Wildman–Crippen MR) is 134 cm³/mol. The number of hydrogen-bond donors (Lipinski definition) is 1. The number of fused-ring (bicyclic) bond motifs is 3. The standard InChI is InChI=1S/C27H22BrClF3NO2/c1-34-24-12-16(11-22(28)26(24)35-14-15-5-8-18(29)9-6-15)25-20-4-2-3-19(20)21-13-17(27(30,31)32)7-10-23(21)33-25/h2-3,5-13,19-20,25,33H,4,14H2,1H3/t19-,20+,25-/m0/s1. The van der Waals surface area contributed by atoms with Crippen molar-refractivity contribution in [3.05, 3.63) is 98.5 Å². The van der Waals surface area contributed by atoms with E-state index in [1.807, 2.05) is 42.5 Å². The van der Waals surface area contributed by atoms with Crippen molar-refractivity contribution in [2.45, 2.75) is 31.2 Å². The summed E-state index contributed by atoms with van der Waals surface area (Å²) < 4.78 is 52.4. The van der Waals surface area contributed by atoms with E-state index in [0.29, 0.717) is 34.4 Å². The molecular formula is C27H22BrClF3NO2.